The SMILES string of the molecule is CCN(CCO)C(=O)NCCN(CC)c1cccc(C)c1. The van der Waals surface area contributed by atoms with Gasteiger partial charge in [0.1, 0.15) is 0 Å². The molecule has 2 N–H and O–H groups in total. The van der Waals surface area contributed by atoms with Crippen LogP contribution >= 0.6 is 0 Å². The molecule has 0 unspecified atom stereocenters. The van der Waals surface area contributed by atoms with Crippen LogP contribution in [0.15, 0.2) is 24.3 Å². The Morgan fingerprint density at radius 2 is 2.00 bits per heavy atom. The van der Waals surface area contributed by atoms with Crippen molar-refractivity contribution in [3.63, 3.8) is 0 Å². The zero-order chi connectivity index (χ0) is 15.7. The molecule has 0 heterocycles. The average Bonchev–Trinajstić information content (AvgIpc) is 2.49. The monoisotopic (exact) mass is 293 g/mol. The average molecular weight is 293 g/mol. The minimum Gasteiger partial charge on any atom is -0.395 e. The van der Waals surface area contributed by atoms with Crippen LogP contribution in [-0.2, 0) is 0 Å². The molecular formula is C16H27N3O2. The van der Waals surface area contributed by atoms with Gasteiger partial charge in [-0.05, 0) is 38.5 Å². The lowest BCUT2D eigenvalue weighted by Gasteiger charge is -2.25. The third-order valence-corrected chi connectivity index (χ3v) is 3.45. The van der Waals surface area contributed by atoms with Crippen molar-refractivity contribution in [1.82, 2.24) is 10.2 Å². The van der Waals surface area contributed by atoms with Gasteiger partial charge in [0.25, 0.3) is 0 Å². The highest BCUT2D eigenvalue weighted by Crippen LogP contribution is 2.14. The van der Waals surface area contributed by atoms with Crippen molar-refractivity contribution >= 4 is 11.7 Å². The number of aliphatic hydroxyl groups is 1. The number of nitrogens with zero attached hydrogens (tertiary/aromatic N) is 2. The van der Waals surface area contributed by atoms with Crippen LogP contribution in [0, 0.1) is 6.92 Å². The number of carbonyl (C=O) groups excluding carboxylic acids is 1. The Bertz CT molecular complexity index is 437. The van der Waals surface area contributed by atoms with E-state index >= 15 is 0 Å². The van der Waals surface area contributed by atoms with E-state index in [1.165, 1.54) is 11.3 Å². The van der Waals surface area contributed by atoms with Crippen LogP contribution in [-0.4, -0.2) is 55.4 Å². The van der Waals surface area contributed by atoms with Crippen molar-refractivity contribution in [3.05, 3.63) is 29.8 Å². The number of rotatable bonds is 8. The first-order valence-electron chi connectivity index (χ1n) is 7.57. The summed E-state index contributed by atoms with van der Waals surface area (Å²) in [6, 6.07) is 8.24. The number of hydrogen-bond acceptors (Lipinski definition) is 3. The third kappa shape index (κ3) is 5.63. The molecule has 0 aliphatic heterocycles. The predicted octanol–water partition coefficient (Wildman–Crippen LogP) is 1.85. The van der Waals surface area contributed by atoms with Crippen LogP contribution in [0.2, 0.25) is 0 Å². The van der Waals surface area contributed by atoms with E-state index in [4.69, 9.17) is 5.11 Å². The van der Waals surface area contributed by atoms with Crippen molar-refractivity contribution in [2.24, 2.45) is 0 Å². The Morgan fingerprint density at radius 1 is 1.24 bits per heavy atom. The normalized spacial score (nSPS) is 10.3. The van der Waals surface area contributed by atoms with Crippen molar-refractivity contribution < 1.29 is 9.90 Å². The van der Waals surface area contributed by atoms with Crippen LogP contribution in [0.1, 0.15) is 19.4 Å². The zero-order valence-electron chi connectivity index (χ0n) is 13.3. The maximum atomic E-state index is 11.9. The molecule has 0 saturated carbocycles. The number of carbonyl (C=O) groups is 1. The van der Waals surface area contributed by atoms with Gasteiger partial charge in [0.15, 0.2) is 0 Å². The Balaban J connectivity index is 2.47. The summed E-state index contributed by atoms with van der Waals surface area (Å²) in [5.41, 5.74) is 2.41. The molecule has 5 nitrogen and oxygen atoms in total. The quantitative estimate of drug-likeness (QED) is 0.769. The number of likely N-dealkylation sites (N-methyl/N-ethyl adjacent to an activating group) is 2. The number of hydrogen-bond donors (Lipinski definition) is 2. The summed E-state index contributed by atoms with van der Waals surface area (Å²) in [5.74, 6) is 0. The number of urea groups is 1. The molecule has 1 aromatic rings. The molecule has 1 aromatic carbocycles. The second kappa shape index (κ2) is 9.23. The lowest BCUT2D eigenvalue weighted by molar-refractivity contribution is 0.180. The second-order valence-electron chi connectivity index (χ2n) is 4.95. The number of aliphatic hydroxyl groups excluding tert-OH is 1. The summed E-state index contributed by atoms with van der Waals surface area (Å²) in [6.45, 7) is 9.30. The summed E-state index contributed by atoms with van der Waals surface area (Å²) < 4.78 is 0. The van der Waals surface area contributed by atoms with Gasteiger partial charge in [-0.25, -0.2) is 4.79 Å². The molecule has 0 bridgehead atoms. The molecular weight excluding hydrogens is 266 g/mol. The Hall–Kier alpha value is -1.75. The topological polar surface area (TPSA) is 55.8 Å². The lowest BCUT2D eigenvalue weighted by Crippen LogP contribution is -2.44. The summed E-state index contributed by atoms with van der Waals surface area (Å²) in [4.78, 5) is 15.7. The zero-order valence-corrected chi connectivity index (χ0v) is 13.3. The molecule has 5 heteroatoms. The van der Waals surface area contributed by atoms with Gasteiger partial charge in [0, 0.05) is 38.4 Å². The van der Waals surface area contributed by atoms with Crippen LogP contribution in [0.25, 0.3) is 0 Å². The van der Waals surface area contributed by atoms with Gasteiger partial charge in [-0.3, -0.25) is 0 Å². The third-order valence-electron chi connectivity index (χ3n) is 3.45. The Morgan fingerprint density at radius 3 is 2.57 bits per heavy atom. The maximum absolute atomic E-state index is 11.9. The molecule has 2 amide bonds. The van der Waals surface area contributed by atoms with Gasteiger partial charge in [-0.1, -0.05) is 12.1 Å². The fraction of sp³-hybridized carbons (Fsp3) is 0.562. The summed E-state index contributed by atoms with van der Waals surface area (Å²) in [6.07, 6.45) is 0. The maximum Gasteiger partial charge on any atom is 0.317 e. The van der Waals surface area contributed by atoms with Gasteiger partial charge in [0.2, 0.25) is 0 Å². The second-order valence-corrected chi connectivity index (χ2v) is 4.95. The van der Waals surface area contributed by atoms with E-state index in [-0.39, 0.29) is 12.6 Å². The Labute approximate surface area is 127 Å². The van der Waals surface area contributed by atoms with Gasteiger partial charge in [-0.2, -0.15) is 0 Å². The molecule has 1 rings (SSSR count). The molecule has 0 saturated heterocycles. The van der Waals surface area contributed by atoms with Gasteiger partial charge in [-0.15, -0.1) is 0 Å². The molecule has 0 atom stereocenters. The summed E-state index contributed by atoms with van der Waals surface area (Å²) >= 11 is 0. The van der Waals surface area contributed by atoms with E-state index in [0.717, 1.165) is 13.1 Å². The van der Waals surface area contributed by atoms with Crippen molar-refractivity contribution in [2.45, 2.75) is 20.8 Å². The molecule has 118 valence electrons. The van der Waals surface area contributed by atoms with E-state index in [2.05, 4.69) is 42.3 Å². The van der Waals surface area contributed by atoms with Crippen molar-refractivity contribution in [1.29, 1.82) is 0 Å². The largest absolute Gasteiger partial charge is 0.395 e. The minimum absolute atomic E-state index is 0.00830. The molecule has 0 fully saturated rings. The van der Waals surface area contributed by atoms with E-state index in [9.17, 15) is 4.79 Å². The van der Waals surface area contributed by atoms with Gasteiger partial charge in [0.05, 0.1) is 6.61 Å². The highest BCUT2D eigenvalue weighted by Gasteiger charge is 2.10. The van der Waals surface area contributed by atoms with Crippen LogP contribution < -0.4 is 10.2 Å². The van der Waals surface area contributed by atoms with Crippen LogP contribution in [0.3, 0.4) is 0 Å². The minimum atomic E-state index is -0.119. The molecule has 0 spiro atoms. The predicted molar refractivity (Wildman–Crippen MR) is 86.8 cm³/mol. The summed E-state index contributed by atoms with van der Waals surface area (Å²) in [5, 5.41) is 11.8. The van der Waals surface area contributed by atoms with Crippen molar-refractivity contribution in [3.8, 4) is 0 Å². The fourth-order valence-electron chi connectivity index (χ4n) is 2.23. The first kappa shape index (κ1) is 17.3. The van der Waals surface area contributed by atoms with E-state index < -0.39 is 0 Å². The fourth-order valence-corrected chi connectivity index (χ4v) is 2.23. The number of anilines is 1. The smallest absolute Gasteiger partial charge is 0.317 e. The van der Waals surface area contributed by atoms with Crippen LogP contribution in [0.4, 0.5) is 10.5 Å². The first-order valence-corrected chi connectivity index (χ1v) is 7.57. The molecule has 0 radical (unpaired) electrons. The van der Waals surface area contributed by atoms with E-state index in [0.29, 0.717) is 19.6 Å². The van der Waals surface area contributed by atoms with Crippen LogP contribution in [0.5, 0.6) is 0 Å². The number of aryl methyl sites for hydroxylation is 1. The number of amides is 2. The Kier molecular flexibility index (Phi) is 7.61. The molecule has 0 aromatic heterocycles. The standard InChI is InChI=1S/C16H27N3O2/c1-4-18(15-8-6-7-14(3)13-15)10-9-17-16(21)19(5-2)11-12-20/h6-8,13,20H,4-5,9-12H2,1-3H3,(H,17,21). The molecule has 21 heavy (non-hydrogen) atoms. The van der Waals surface area contributed by atoms with E-state index in [1.807, 2.05) is 13.0 Å². The summed E-state index contributed by atoms with van der Waals surface area (Å²) in [7, 11) is 0. The number of benzene rings is 1. The lowest BCUT2D eigenvalue weighted by atomic mass is 10.2. The van der Waals surface area contributed by atoms with Gasteiger partial charge < -0.3 is 20.2 Å². The van der Waals surface area contributed by atoms with Crippen molar-refractivity contribution in [2.75, 3.05) is 44.2 Å². The molecule has 0 aliphatic rings. The molecule has 0 aliphatic carbocycles. The van der Waals surface area contributed by atoms with E-state index in [1.54, 1.807) is 4.90 Å². The highest BCUT2D eigenvalue weighted by atomic mass is 16.3. The van der Waals surface area contributed by atoms with Gasteiger partial charge >= 0.3 is 6.03 Å². The highest BCUT2D eigenvalue weighted by molar-refractivity contribution is 5.74. The first-order chi connectivity index (χ1) is 10.1. The number of nitrogens with one attached hydrogen (secondary N) is 1.